The third-order valence-electron chi connectivity index (χ3n) is 0.535. The first kappa shape index (κ1) is 7.44. The van der Waals surface area contributed by atoms with E-state index in [1.54, 1.807) is 0 Å². The molecule has 7 heavy (non-hydrogen) atoms. The highest BCUT2D eigenvalue weighted by atomic mass is 32.2. The van der Waals surface area contributed by atoms with Crippen LogP contribution in [0.25, 0.3) is 0 Å². The lowest BCUT2D eigenvalue weighted by molar-refractivity contribution is 1.68. The maximum atomic E-state index is 4.00. The van der Waals surface area contributed by atoms with E-state index >= 15 is 0 Å². The molecular formula is C5H10S2. The van der Waals surface area contributed by atoms with Gasteiger partial charge in [-0.2, -0.15) is 24.4 Å². The lowest BCUT2D eigenvalue weighted by Crippen LogP contribution is -1.65. The Balaban J connectivity index is 2.78. The van der Waals surface area contributed by atoms with Gasteiger partial charge in [0.1, 0.15) is 0 Å². The lowest BCUT2D eigenvalue weighted by atomic mass is 10.6. The summed E-state index contributed by atoms with van der Waals surface area (Å²) in [6.45, 7) is 0. The van der Waals surface area contributed by atoms with Gasteiger partial charge in [0, 0.05) is 11.5 Å². The van der Waals surface area contributed by atoms with E-state index < -0.39 is 0 Å². The number of thioether (sulfide) groups is 1. The van der Waals surface area contributed by atoms with Crippen LogP contribution in [-0.4, -0.2) is 17.8 Å². The molecule has 0 rings (SSSR count). The monoisotopic (exact) mass is 134 g/mol. The summed E-state index contributed by atoms with van der Waals surface area (Å²) in [7, 11) is 0. The van der Waals surface area contributed by atoms with Crippen LogP contribution in [0.5, 0.6) is 0 Å². The van der Waals surface area contributed by atoms with Crippen molar-refractivity contribution in [3.05, 3.63) is 12.2 Å². The van der Waals surface area contributed by atoms with Gasteiger partial charge in [0.15, 0.2) is 0 Å². The van der Waals surface area contributed by atoms with Crippen molar-refractivity contribution in [2.45, 2.75) is 0 Å². The highest BCUT2D eigenvalue weighted by Crippen LogP contribution is 1.90. The summed E-state index contributed by atoms with van der Waals surface area (Å²) >= 11 is 5.82. The Morgan fingerprint density at radius 2 is 2.29 bits per heavy atom. The predicted octanol–water partition coefficient (Wildman–Crippen LogP) is 1.84. The molecule has 0 saturated carbocycles. The molecule has 0 amide bonds. The van der Waals surface area contributed by atoms with Gasteiger partial charge in [-0.25, -0.2) is 0 Å². The first-order valence-corrected chi connectivity index (χ1v) is 4.19. The summed E-state index contributed by atoms with van der Waals surface area (Å²) in [4.78, 5) is 0. The highest BCUT2D eigenvalue weighted by molar-refractivity contribution is 7.98. The van der Waals surface area contributed by atoms with Crippen LogP contribution in [0.2, 0.25) is 0 Å². The van der Waals surface area contributed by atoms with E-state index in [0.717, 1.165) is 11.5 Å². The normalized spacial score (nSPS) is 10.6. The zero-order chi connectivity index (χ0) is 5.54. The van der Waals surface area contributed by atoms with Crippen LogP contribution in [-0.2, 0) is 0 Å². The van der Waals surface area contributed by atoms with Crippen LogP contribution < -0.4 is 0 Å². The van der Waals surface area contributed by atoms with E-state index in [-0.39, 0.29) is 0 Å². The molecule has 0 N–H and O–H groups in total. The van der Waals surface area contributed by atoms with Gasteiger partial charge in [-0.3, -0.25) is 0 Å². The zero-order valence-electron chi connectivity index (χ0n) is 4.42. The van der Waals surface area contributed by atoms with Gasteiger partial charge in [0.25, 0.3) is 0 Å². The molecule has 0 aliphatic rings. The minimum absolute atomic E-state index is 0.862. The molecule has 2 heteroatoms. The van der Waals surface area contributed by atoms with Crippen molar-refractivity contribution in [2.75, 3.05) is 17.8 Å². The molecule has 0 spiro atoms. The van der Waals surface area contributed by atoms with E-state index in [9.17, 15) is 0 Å². The number of hydrogen-bond acceptors (Lipinski definition) is 2. The molecule has 42 valence electrons. The van der Waals surface area contributed by atoms with Crippen molar-refractivity contribution in [2.24, 2.45) is 0 Å². The van der Waals surface area contributed by atoms with Gasteiger partial charge in [0.2, 0.25) is 0 Å². The Morgan fingerprint density at radius 1 is 1.57 bits per heavy atom. The number of thiol groups is 1. The van der Waals surface area contributed by atoms with Gasteiger partial charge >= 0.3 is 0 Å². The third kappa shape index (κ3) is 6.44. The minimum Gasteiger partial charge on any atom is -0.175 e. The van der Waals surface area contributed by atoms with Crippen LogP contribution in [0.3, 0.4) is 0 Å². The second kappa shape index (κ2) is 6.44. The Labute approximate surface area is 54.8 Å². The van der Waals surface area contributed by atoms with E-state index in [1.165, 1.54) is 0 Å². The second-order valence-electron chi connectivity index (χ2n) is 1.11. The smallest absolute Gasteiger partial charge is 0.0110 e. The fraction of sp³-hybridized carbons (Fsp3) is 0.600. The van der Waals surface area contributed by atoms with Crippen molar-refractivity contribution < 1.29 is 0 Å². The first-order chi connectivity index (χ1) is 3.41. The molecule has 0 aromatic rings. The van der Waals surface area contributed by atoms with Gasteiger partial charge in [-0.15, -0.1) is 0 Å². The Bertz CT molecular complexity index is 50.0. The SMILES string of the molecule is CSC/C=C/CS. The highest BCUT2D eigenvalue weighted by Gasteiger charge is 1.68. The van der Waals surface area contributed by atoms with Crippen molar-refractivity contribution in [1.82, 2.24) is 0 Å². The lowest BCUT2D eigenvalue weighted by Gasteiger charge is -1.79. The average molecular weight is 134 g/mol. The maximum Gasteiger partial charge on any atom is 0.0110 e. The largest absolute Gasteiger partial charge is 0.175 e. The van der Waals surface area contributed by atoms with Crippen molar-refractivity contribution in [3.63, 3.8) is 0 Å². The number of rotatable bonds is 3. The van der Waals surface area contributed by atoms with Gasteiger partial charge < -0.3 is 0 Å². The quantitative estimate of drug-likeness (QED) is 0.454. The average Bonchev–Trinajstić information content (AvgIpc) is 1.69. The van der Waals surface area contributed by atoms with Crippen LogP contribution in [0.4, 0.5) is 0 Å². The van der Waals surface area contributed by atoms with Gasteiger partial charge in [-0.05, 0) is 6.26 Å². The fourth-order valence-corrected chi connectivity index (χ4v) is 0.716. The molecule has 0 aliphatic carbocycles. The Hall–Kier alpha value is 0.440. The summed E-state index contributed by atoms with van der Waals surface area (Å²) in [6.07, 6.45) is 6.26. The summed E-state index contributed by atoms with van der Waals surface area (Å²) in [6, 6.07) is 0. The van der Waals surface area contributed by atoms with Crippen molar-refractivity contribution in [1.29, 1.82) is 0 Å². The molecule has 0 aromatic carbocycles. The molecule has 0 bridgehead atoms. The molecule has 0 radical (unpaired) electrons. The Morgan fingerprint density at radius 3 is 2.71 bits per heavy atom. The van der Waals surface area contributed by atoms with Crippen LogP contribution in [0, 0.1) is 0 Å². The topological polar surface area (TPSA) is 0 Å². The summed E-state index contributed by atoms with van der Waals surface area (Å²) in [5.74, 6) is 1.97. The molecule has 0 aliphatic heterocycles. The van der Waals surface area contributed by atoms with Crippen LogP contribution in [0.15, 0.2) is 12.2 Å². The molecule has 0 fully saturated rings. The standard InChI is InChI=1S/C5H10S2/c1-7-5-3-2-4-6/h2-3,6H,4-5H2,1H3/b3-2+. The fourth-order valence-electron chi connectivity index (χ4n) is 0.239. The Kier molecular flexibility index (Phi) is 6.84. The predicted molar refractivity (Wildman–Crippen MR) is 41.4 cm³/mol. The first-order valence-electron chi connectivity index (χ1n) is 2.16. The molecule has 0 unspecified atom stereocenters. The molecular weight excluding hydrogens is 124 g/mol. The minimum atomic E-state index is 0.862. The molecule has 0 heterocycles. The molecule has 0 saturated heterocycles. The van der Waals surface area contributed by atoms with Crippen LogP contribution >= 0.6 is 24.4 Å². The van der Waals surface area contributed by atoms with Gasteiger partial charge in [-0.1, -0.05) is 12.2 Å². The van der Waals surface area contributed by atoms with Crippen molar-refractivity contribution >= 4 is 24.4 Å². The summed E-state index contributed by atoms with van der Waals surface area (Å²) in [5, 5.41) is 0. The van der Waals surface area contributed by atoms with E-state index in [1.807, 2.05) is 11.8 Å². The third-order valence-corrected chi connectivity index (χ3v) is 1.27. The molecule has 0 atom stereocenters. The van der Waals surface area contributed by atoms with E-state index in [0.29, 0.717) is 0 Å². The second-order valence-corrected chi connectivity index (χ2v) is 2.39. The number of hydrogen-bond donors (Lipinski definition) is 1. The molecule has 0 aromatic heterocycles. The maximum absolute atomic E-state index is 4.00. The van der Waals surface area contributed by atoms with E-state index in [4.69, 9.17) is 0 Å². The zero-order valence-corrected chi connectivity index (χ0v) is 6.14. The summed E-state index contributed by atoms with van der Waals surface area (Å²) < 4.78 is 0. The van der Waals surface area contributed by atoms with Crippen LogP contribution in [0.1, 0.15) is 0 Å². The van der Waals surface area contributed by atoms with Crippen molar-refractivity contribution in [3.8, 4) is 0 Å². The van der Waals surface area contributed by atoms with E-state index in [2.05, 4.69) is 31.0 Å². The molecule has 0 nitrogen and oxygen atoms in total. The summed E-state index contributed by atoms with van der Waals surface area (Å²) in [5.41, 5.74) is 0. The van der Waals surface area contributed by atoms with Gasteiger partial charge in [0.05, 0.1) is 0 Å².